The Hall–Kier alpha value is -0.390. The molecule has 0 radical (unpaired) electrons. The first-order valence-electron chi connectivity index (χ1n) is 3.55. The van der Waals surface area contributed by atoms with E-state index in [-0.39, 0.29) is 23.4 Å². The second kappa shape index (κ2) is 4.59. The zero-order valence-electron chi connectivity index (χ0n) is 6.74. The minimum absolute atomic E-state index is 0.0535. The summed E-state index contributed by atoms with van der Waals surface area (Å²) in [4.78, 5) is 21.7. The summed E-state index contributed by atoms with van der Waals surface area (Å²) in [5, 5.41) is -0.0535. The number of thioether (sulfide) groups is 1. The smallest absolute Gasteiger partial charge is 0.186 e. The third kappa shape index (κ3) is 2.92. The highest BCUT2D eigenvalue weighted by molar-refractivity contribution is 8.14. The zero-order valence-corrected chi connectivity index (χ0v) is 7.56. The molecular formula is C7H10O4S. The van der Waals surface area contributed by atoms with Crippen LogP contribution >= 0.6 is 11.8 Å². The fourth-order valence-electron chi connectivity index (χ4n) is 0.785. The molecule has 0 N–H and O–H groups in total. The molecule has 0 aliphatic carbocycles. The summed E-state index contributed by atoms with van der Waals surface area (Å²) in [5.74, 6) is 0.108. The molecule has 1 fully saturated rings. The van der Waals surface area contributed by atoms with Gasteiger partial charge in [0.05, 0.1) is 12.4 Å². The highest BCUT2D eigenvalue weighted by Crippen LogP contribution is 2.09. The van der Waals surface area contributed by atoms with Gasteiger partial charge in [-0.3, -0.25) is 9.59 Å². The van der Waals surface area contributed by atoms with Crippen LogP contribution in [0.25, 0.3) is 0 Å². The second-order valence-electron chi connectivity index (χ2n) is 2.39. The Bertz CT molecular complexity index is 186. The molecule has 0 aromatic rings. The topological polar surface area (TPSA) is 52.6 Å². The zero-order chi connectivity index (χ0) is 8.97. The number of ketones is 1. The van der Waals surface area contributed by atoms with Crippen LogP contribution in [0.5, 0.6) is 0 Å². The Morgan fingerprint density at radius 2 is 2.33 bits per heavy atom. The summed E-state index contributed by atoms with van der Waals surface area (Å²) in [7, 11) is 0. The molecule has 0 aromatic carbocycles. The molecule has 1 aliphatic heterocycles. The minimum Gasteiger partial charge on any atom is -0.352 e. The molecule has 4 nitrogen and oxygen atoms in total. The maximum Gasteiger partial charge on any atom is 0.186 e. The van der Waals surface area contributed by atoms with Crippen molar-refractivity contribution >= 4 is 22.7 Å². The summed E-state index contributed by atoms with van der Waals surface area (Å²) in [6, 6.07) is 0. The Morgan fingerprint density at radius 3 is 2.83 bits per heavy atom. The summed E-state index contributed by atoms with van der Waals surface area (Å²) < 4.78 is 9.80. The largest absolute Gasteiger partial charge is 0.352 e. The van der Waals surface area contributed by atoms with Crippen LogP contribution in [-0.2, 0) is 19.1 Å². The fraction of sp³-hybridized carbons (Fsp3) is 0.714. The number of hydrogen-bond acceptors (Lipinski definition) is 5. The maximum absolute atomic E-state index is 11.2. The van der Waals surface area contributed by atoms with Gasteiger partial charge in [0.1, 0.15) is 12.9 Å². The SMILES string of the molecule is CC(=O)SCC(=O)C1COCO1. The van der Waals surface area contributed by atoms with Crippen LogP contribution in [-0.4, -0.2) is 36.2 Å². The average Bonchev–Trinajstić information content (AvgIpc) is 2.51. The summed E-state index contributed by atoms with van der Waals surface area (Å²) in [6.07, 6.45) is -0.461. The normalized spacial score (nSPS) is 22.6. The van der Waals surface area contributed by atoms with Crippen molar-refractivity contribution in [3.05, 3.63) is 0 Å². The number of ether oxygens (including phenoxy) is 2. The lowest BCUT2D eigenvalue weighted by molar-refractivity contribution is -0.124. The van der Waals surface area contributed by atoms with E-state index < -0.39 is 6.10 Å². The van der Waals surface area contributed by atoms with Gasteiger partial charge in [0.25, 0.3) is 0 Å². The molecule has 0 spiro atoms. The minimum atomic E-state index is -0.461. The van der Waals surface area contributed by atoms with Crippen LogP contribution in [0, 0.1) is 0 Å². The first kappa shape index (κ1) is 9.70. The highest BCUT2D eigenvalue weighted by atomic mass is 32.2. The molecule has 1 aliphatic rings. The number of carbonyl (C=O) groups is 2. The van der Waals surface area contributed by atoms with Crippen molar-refractivity contribution in [3.8, 4) is 0 Å². The van der Waals surface area contributed by atoms with E-state index in [0.29, 0.717) is 6.61 Å². The Kier molecular flexibility index (Phi) is 3.71. The van der Waals surface area contributed by atoms with Crippen molar-refractivity contribution in [2.24, 2.45) is 0 Å². The average molecular weight is 190 g/mol. The van der Waals surface area contributed by atoms with Crippen LogP contribution in [0.15, 0.2) is 0 Å². The van der Waals surface area contributed by atoms with Crippen molar-refractivity contribution in [2.45, 2.75) is 13.0 Å². The molecule has 1 unspecified atom stereocenters. The van der Waals surface area contributed by atoms with Crippen LogP contribution in [0.3, 0.4) is 0 Å². The maximum atomic E-state index is 11.2. The van der Waals surface area contributed by atoms with Crippen LogP contribution in [0.1, 0.15) is 6.92 Å². The predicted molar refractivity (Wildman–Crippen MR) is 43.8 cm³/mol. The van der Waals surface area contributed by atoms with Gasteiger partial charge in [-0.1, -0.05) is 11.8 Å². The highest BCUT2D eigenvalue weighted by Gasteiger charge is 2.24. The van der Waals surface area contributed by atoms with Gasteiger partial charge < -0.3 is 9.47 Å². The predicted octanol–water partition coefficient (Wildman–Crippen LogP) is 0.208. The Balaban J connectivity index is 2.23. The van der Waals surface area contributed by atoms with Crippen LogP contribution in [0.2, 0.25) is 0 Å². The summed E-state index contributed by atoms with van der Waals surface area (Å²) in [5.41, 5.74) is 0. The van der Waals surface area contributed by atoms with Crippen molar-refractivity contribution in [1.82, 2.24) is 0 Å². The molecule has 68 valence electrons. The number of rotatable bonds is 3. The molecule has 5 heteroatoms. The number of hydrogen-bond donors (Lipinski definition) is 0. The van der Waals surface area contributed by atoms with Gasteiger partial charge >= 0.3 is 0 Å². The molecule has 0 aromatic heterocycles. The molecule has 1 rings (SSSR count). The van der Waals surface area contributed by atoms with Gasteiger partial charge in [-0.05, 0) is 0 Å². The van der Waals surface area contributed by atoms with Crippen molar-refractivity contribution in [3.63, 3.8) is 0 Å². The molecule has 0 amide bonds. The van der Waals surface area contributed by atoms with E-state index in [1.807, 2.05) is 0 Å². The standard InChI is InChI=1S/C7H10O4S/c1-5(8)12-3-6(9)7-2-10-4-11-7/h7H,2-4H2,1H3. The molecule has 1 atom stereocenters. The van der Waals surface area contributed by atoms with Crippen molar-refractivity contribution in [2.75, 3.05) is 19.2 Å². The van der Waals surface area contributed by atoms with Gasteiger partial charge in [0.2, 0.25) is 0 Å². The summed E-state index contributed by atoms with van der Waals surface area (Å²) >= 11 is 1.00. The lowest BCUT2D eigenvalue weighted by atomic mass is 10.3. The molecule has 1 heterocycles. The lowest BCUT2D eigenvalue weighted by Crippen LogP contribution is -2.24. The molecule has 12 heavy (non-hydrogen) atoms. The molecule has 1 saturated heterocycles. The van der Waals surface area contributed by atoms with Crippen molar-refractivity contribution < 1.29 is 19.1 Å². The van der Waals surface area contributed by atoms with Crippen molar-refractivity contribution in [1.29, 1.82) is 0 Å². The van der Waals surface area contributed by atoms with E-state index in [1.54, 1.807) is 0 Å². The van der Waals surface area contributed by atoms with E-state index >= 15 is 0 Å². The van der Waals surface area contributed by atoms with Gasteiger partial charge in [0, 0.05) is 6.92 Å². The fourth-order valence-corrected chi connectivity index (χ4v) is 1.32. The van der Waals surface area contributed by atoms with Gasteiger partial charge in [0.15, 0.2) is 10.9 Å². The first-order valence-corrected chi connectivity index (χ1v) is 4.54. The van der Waals surface area contributed by atoms with Crippen LogP contribution < -0.4 is 0 Å². The van der Waals surface area contributed by atoms with E-state index in [2.05, 4.69) is 0 Å². The van der Waals surface area contributed by atoms with E-state index in [9.17, 15) is 9.59 Å². The first-order chi connectivity index (χ1) is 5.70. The van der Waals surface area contributed by atoms with E-state index in [4.69, 9.17) is 9.47 Å². The van der Waals surface area contributed by atoms with E-state index in [0.717, 1.165) is 11.8 Å². The Morgan fingerprint density at radius 1 is 1.58 bits per heavy atom. The number of Topliss-reactive ketones (excluding diaryl/α,β-unsaturated/α-hetero) is 1. The third-order valence-electron chi connectivity index (χ3n) is 1.40. The van der Waals surface area contributed by atoms with E-state index in [1.165, 1.54) is 6.92 Å². The second-order valence-corrected chi connectivity index (χ2v) is 3.54. The van der Waals surface area contributed by atoms with Gasteiger partial charge in [-0.2, -0.15) is 0 Å². The summed E-state index contributed by atoms with van der Waals surface area (Å²) in [6.45, 7) is 1.93. The van der Waals surface area contributed by atoms with Gasteiger partial charge in [-0.25, -0.2) is 0 Å². The monoisotopic (exact) mass is 190 g/mol. The van der Waals surface area contributed by atoms with Gasteiger partial charge in [-0.15, -0.1) is 0 Å². The number of carbonyl (C=O) groups excluding carboxylic acids is 2. The molecule has 0 bridgehead atoms. The van der Waals surface area contributed by atoms with Crippen LogP contribution in [0.4, 0.5) is 0 Å². The quantitative estimate of drug-likeness (QED) is 0.636. The molecule has 0 saturated carbocycles. The lowest BCUT2D eigenvalue weighted by Gasteiger charge is -2.03. The molecular weight excluding hydrogens is 180 g/mol. The third-order valence-corrected chi connectivity index (χ3v) is 2.23. The Labute approximate surface area is 74.6 Å².